The fourth-order valence-corrected chi connectivity index (χ4v) is 0.822. The van der Waals surface area contributed by atoms with E-state index in [1.165, 1.54) is 0 Å². The Morgan fingerprint density at radius 1 is 1.54 bits per heavy atom. The average molecular weight is 185 g/mol. The van der Waals surface area contributed by atoms with Gasteiger partial charge in [-0.25, -0.2) is 4.79 Å². The van der Waals surface area contributed by atoms with Crippen molar-refractivity contribution in [1.82, 2.24) is 0 Å². The Balaban J connectivity index is 4.06. The standard InChI is InChI=1S/C10H19NO2/c1-7(6-8(2)11)9(12)13-10(3,4)5/h8H,1,6,11H2,2-5H3/t8-/m1/s1. The molecule has 0 aromatic carbocycles. The van der Waals surface area contributed by atoms with E-state index in [1.54, 1.807) is 0 Å². The summed E-state index contributed by atoms with van der Waals surface area (Å²) >= 11 is 0. The van der Waals surface area contributed by atoms with Gasteiger partial charge in [-0.2, -0.15) is 0 Å². The van der Waals surface area contributed by atoms with E-state index < -0.39 is 5.60 Å². The van der Waals surface area contributed by atoms with E-state index >= 15 is 0 Å². The summed E-state index contributed by atoms with van der Waals surface area (Å²) in [6.45, 7) is 10.9. The predicted molar refractivity (Wildman–Crippen MR) is 53.3 cm³/mol. The van der Waals surface area contributed by atoms with Crippen LogP contribution in [0.1, 0.15) is 34.1 Å². The molecule has 0 saturated carbocycles. The van der Waals surface area contributed by atoms with Gasteiger partial charge in [0.15, 0.2) is 0 Å². The van der Waals surface area contributed by atoms with Crippen LogP contribution < -0.4 is 5.73 Å². The summed E-state index contributed by atoms with van der Waals surface area (Å²) in [4.78, 5) is 11.3. The summed E-state index contributed by atoms with van der Waals surface area (Å²) in [5, 5.41) is 0. The first-order chi connectivity index (χ1) is 5.72. The van der Waals surface area contributed by atoms with Crippen molar-refractivity contribution in [3.05, 3.63) is 12.2 Å². The molecule has 3 nitrogen and oxygen atoms in total. The molecule has 0 radical (unpaired) electrons. The van der Waals surface area contributed by atoms with Crippen molar-refractivity contribution in [2.45, 2.75) is 45.8 Å². The van der Waals surface area contributed by atoms with E-state index in [0.29, 0.717) is 12.0 Å². The second kappa shape index (κ2) is 4.42. The van der Waals surface area contributed by atoms with Crippen molar-refractivity contribution in [2.75, 3.05) is 0 Å². The SMILES string of the molecule is C=C(C[C@@H](C)N)C(=O)OC(C)(C)C. The molecule has 0 heterocycles. The Bertz CT molecular complexity index is 201. The van der Waals surface area contributed by atoms with E-state index in [2.05, 4.69) is 6.58 Å². The Labute approximate surface area is 79.9 Å². The minimum atomic E-state index is -0.460. The quantitative estimate of drug-likeness (QED) is 0.537. The van der Waals surface area contributed by atoms with Gasteiger partial charge in [-0.1, -0.05) is 6.58 Å². The predicted octanol–water partition coefficient (Wildman–Crippen LogP) is 1.62. The van der Waals surface area contributed by atoms with E-state index in [0.717, 1.165) is 0 Å². The van der Waals surface area contributed by atoms with Gasteiger partial charge in [-0.3, -0.25) is 0 Å². The maximum absolute atomic E-state index is 11.3. The minimum Gasteiger partial charge on any atom is -0.457 e. The number of rotatable bonds is 3. The van der Waals surface area contributed by atoms with Crippen LogP contribution >= 0.6 is 0 Å². The van der Waals surface area contributed by atoms with Crippen LogP contribution in [-0.2, 0) is 9.53 Å². The monoisotopic (exact) mass is 185 g/mol. The summed E-state index contributed by atoms with van der Waals surface area (Å²) in [5.41, 5.74) is 5.50. The molecule has 0 amide bonds. The fourth-order valence-electron chi connectivity index (χ4n) is 0.822. The molecule has 0 saturated heterocycles. The van der Waals surface area contributed by atoms with E-state index in [4.69, 9.17) is 10.5 Å². The van der Waals surface area contributed by atoms with E-state index in [9.17, 15) is 4.79 Å². The second-order valence-corrected chi connectivity index (χ2v) is 4.29. The van der Waals surface area contributed by atoms with Crippen LogP contribution in [0.15, 0.2) is 12.2 Å². The topological polar surface area (TPSA) is 52.3 Å². The first-order valence-corrected chi connectivity index (χ1v) is 4.39. The molecule has 0 aliphatic heterocycles. The summed E-state index contributed by atoms with van der Waals surface area (Å²) in [7, 11) is 0. The van der Waals surface area contributed by atoms with Gasteiger partial charge in [0.1, 0.15) is 5.60 Å². The van der Waals surface area contributed by atoms with Crippen LogP contribution in [0, 0.1) is 0 Å². The maximum atomic E-state index is 11.3. The highest BCUT2D eigenvalue weighted by Crippen LogP contribution is 2.12. The molecule has 0 unspecified atom stereocenters. The molecule has 0 aromatic rings. The van der Waals surface area contributed by atoms with Crippen molar-refractivity contribution in [2.24, 2.45) is 5.73 Å². The highest BCUT2D eigenvalue weighted by Gasteiger charge is 2.18. The van der Waals surface area contributed by atoms with Gasteiger partial charge in [0.05, 0.1) is 0 Å². The highest BCUT2D eigenvalue weighted by molar-refractivity contribution is 5.88. The first-order valence-electron chi connectivity index (χ1n) is 4.39. The third-order valence-electron chi connectivity index (χ3n) is 1.26. The second-order valence-electron chi connectivity index (χ2n) is 4.29. The number of ether oxygens (including phenoxy) is 1. The lowest BCUT2D eigenvalue weighted by Crippen LogP contribution is -2.26. The third-order valence-corrected chi connectivity index (χ3v) is 1.26. The van der Waals surface area contributed by atoms with Gasteiger partial charge in [0, 0.05) is 11.6 Å². The molecule has 0 aliphatic carbocycles. The van der Waals surface area contributed by atoms with Crippen LogP contribution in [0.5, 0.6) is 0 Å². The molecule has 0 fully saturated rings. The van der Waals surface area contributed by atoms with Crippen LogP contribution in [0.3, 0.4) is 0 Å². The lowest BCUT2D eigenvalue weighted by atomic mass is 10.1. The minimum absolute atomic E-state index is 0.0555. The highest BCUT2D eigenvalue weighted by atomic mass is 16.6. The van der Waals surface area contributed by atoms with Gasteiger partial charge in [0.25, 0.3) is 0 Å². The van der Waals surface area contributed by atoms with Crippen molar-refractivity contribution in [3.8, 4) is 0 Å². The molecule has 76 valence electrons. The van der Waals surface area contributed by atoms with Gasteiger partial charge >= 0.3 is 5.97 Å². The van der Waals surface area contributed by atoms with Gasteiger partial charge in [0.2, 0.25) is 0 Å². The van der Waals surface area contributed by atoms with Crippen LogP contribution in [0.4, 0.5) is 0 Å². The Morgan fingerprint density at radius 2 is 2.00 bits per heavy atom. The number of hydrogen-bond acceptors (Lipinski definition) is 3. The normalized spacial score (nSPS) is 13.6. The molecule has 0 aromatic heterocycles. The number of hydrogen-bond donors (Lipinski definition) is 1. The van der Waals surface area contributed by atoms with E-state index in [-0.39, 0.29) is 12.0 Å². The van der Waals surface area contributed by atoms with Gasteiger partial charge in [-0.15, -0.1) is 0 Å². The van der Waals surface area contributed by atoms with Crippen molar-refractivity contribution >= 4 is 5.97 Å². The van der Waals surface area contributed by atoms with Crippen LogP contribution in [0.2, 0.25) is 0 Å². The molecular weight excluding hydrogens is 166 g/mol. The first kappa shape index (κ1) is 12.2. The molecule has 0 bridgehead atoms. The number of carbonyl (C=O) groups excluding carboxylic acids is 1. The van der Waals surface area contributed by atoms with Gasteiger partial charge in [-0.05, 0) is 34.1 Å². The molecule has 3 heteroatoms. The Hall–Kier alpha value is -0.830. The summed E-state index contributed by atoms with van der Waals surface area (Å²) < 4.78 is 5.11. The molecule has 13 heavy (non-hydrogen) atoms. The van der Waals surface area contributed by atoms with Crippen LogP contribution in [-0.4, -0.2) is 17.6 Å². The summed E-state index contributed by atoms with van der Waals surface area (Å²) in [6, 6.07) is -0.0555. The molecule has 1 atom stereocenters. The zero-order chi connectivity index (χ0) is 10.6. The smallest absolute Gasteiger partial charge is 0.333 e. The van der Waals surface area contributed by atoms with Gasteiger partial charge < -0.3 is 10.5 Å². The molecule has 0 spiro atoms. The largest absolute Gasteiger partial charge is 0.457 e. The lowest BCUT2D eigenvalue weighted by molar-refractivity contribution is -0.150. The van der Waals surface area contributed by atoms with Crippen molar-refractivity contribution in [1.29, 1.82) is 0 Å². The fraction of sp³-hybridized carbons (Fsp3) is 0.700. The lowest BCUT2D eigenvalue weighted by Gasteiger charge is -2.20. The average Bonchev–Trinajstić information content (AvgIpc) is 1.81. The molecule has 0 aliphatic rings. The number of esters is 1. The number of carbonyl (C=O) groups is 1. The van der Waals surface area contributed by atoms with E-state index in [1.807, 2.05) is 27.7 Å². The van der Waals surface area contributed by atoms with Crippen molar-refractivity contribution in [3.63, 3.8) is 0 Å². The summed E-state index contributed by atoms with van der Waals surface area (Å²) in [5.74, 6) is -0.357. The summed E-state index contributed by atoms with van der Waals surface area (Å²) in [6.07, 6.45) is 0.481. The molecule has 0 rings (SSSR count). The van der Waals surface area contributed by atoms with Crippen LogP contribution in [0.25, 0.3) is 0 Å². The maximum Gasteiger partial charge on any atom is 0.333 e. The Kier molecular flexibility index (Phi) is 4.14. The zero-order valence-electron chi connectivity index (χ0n) is 8.89. The number of nitrogens with two attached hydrogens (primary N) is 1. The zero-order valence-corrected chi connectivity index (χ0v) is 8.89. The molecular formula is C10H19NO2. The Morgan fingerprint density at radius 3 is 2.31 bits per heavy atom. The molecule has 2 N–H and O–H groups in total. The third kappa shape index (κ3) is 6.34. The van der Waals surface area contributed by atoms with Crippen molar-refractivity contribution < 1.29 is 9.53 Å².